The van der Waals surface area contributed by atoms with Gasteiger partial charge in [-0.15, -0.1) is 0 Å². The zero-order valence-corrected chi connectivity index (χ0v) is 14.0. The summed E-state index contributed by atoms with van der Waals surface area (Å²) in [6.07, 6.45) is 0.353. The van der Waals surface area contributed by atoms with E-state index in [1.165, 1.54) is 0 Å². The number of carbonyl (C=O) groups is 1. The lowest BCUT2D eigenvalue weighted by Crippen LogP contribution is -2.34. The molecule has 0 fully saturated rings. The number of rotatable bonds is 5. The van der Waals surface area contributed by atoms with Crippen molar-refractivity contribution in [2.75, 3.05) is 6.54 Å². The van der Waals surface area contributed by atoms with Crippen molar-refractivity contribution in [3.8, 4) is 6.07 Å². The number of halogens is 1. The third kappa shape index (κ3) is 4.34. The number of hydrogen-bond donors (Lipinski definition) is 0. The molecule has 0 saturated heterocycles. The Bertz CT molecular complexity index is 702. The van der Waals surface area contributed by atoms with Crippen molar-refractivity contribution < 1.29 is 4.79 Å². The molecule has 3 nitrogen and oxygen atoms in total. The van der Waals surface area contributed by atoms with Gasteiger partial charge in [0.1, 0.15) is 0 Å². The first-order valence-electron chi connectivity index (χ1n) is 7.59. The molecule has 0 heterocycles. The highest BCUT2D eigenvalue weighted by Crippen LogP contribution is 2.22. The van der Waals surface area contributed by atoms with Crippen molar-refractivity contribution >= 4 is 17.5 Å². The minimum atomic E-state index is -0.0347. The molecule has 0 aromatic heterocycles. The zero-order chi connectivity index (χ0) is 16.8. The molecule has 118 valence electrons. The lowest BCUT2D eigenvalue weighted by Gasteiger charge is -2.28. The SMILES string of the molecule is CCN(C(=O)Cc1ccc(Cl)cc1)C(C)c1ccc(C#N)cc1. The van der Waals surface area contributed by atoms with E-state index < -0.39 is 0 Å². The molecule has 1 atom stereocenters. The molecule has 0 aliphatic heterocycles. The van der Waals surface area contributed by atoms with Crippen molar-refractivity contribution in [1.29, 1.82) is 5.26 Å². The molecule has 2 aromatic rings. The zero-order valence-electron chi connectivity index (χ0n) is 13.3. The van der Waals surface area contributed by atoms with Crippen LogP contribution in [0.4, 0.5) is 0 Å². The molecule has 0 saturated carbocycles. The quantitative estimate of drug-likeness (QED) is 0.819. The Balaban J connectivity index is 2.12. The number of amides is 1. The Morgan fingerprint density at radius 2 is 1.78 bits per heavy atom. The number of carbonyl (C=O) groups excluding carboxylic acids is 1. The van der Waals surface area contributed by atoms with E-state index in [9.17, 15) is 4.79 Å². The largest absolute Gasteiger partial charge is 0.336 e. The van der Waals surface area contributed by atoms with Gasteiger partial charge in [0.15, 0.2) is 0 Å². The van der Waals surface area contributed by atoms with Crippen LogP contribution in [0, 0.1) is 11.3 Å². The van der Waals surface area contributed by atoms with Crippen LogP contribution in [-0.2, 0) is 11.2 Å². The minimum absolute atomic E-state index is 0.0347. The van der Waals surface area contributed by atoms with Crippen molar-refractivity contribution in [3.63, 3.8) is 0 Å². The van der Waals surface area contributed by atoms with Crippen molar-refractivity contribution in [2.24, 2.45) is 0 Å². The summed E-state index contributed by atoms with van der Waals surface area (Å²) in [4.78, 5) is 14.5. The number of nitrogens with zero attached hydrogens (tertiary/aromatic N) is 2. The molecule has 0 bridgehead atoms. The molecular weight excluding hydrogens is 308 g/mol. The molecule has 1 unspecified atom stereocenters. The van der Waals surface area contributed by atoms with Gasteiger partial charge < -0.3 is 4.90 Å². The lowest BCUT2D eigenvalue weighted by atomic mass is 10.0. The van der Waals surface area contributed by atoms with Crippen LogP contribution in [0.1, 0.15) is 36.6 Å². The number of likely N-dealkylation sites (N-methyl/N-ethyl adjacent to an activating group) is 1. The van der Waals surface area contributed by atoms with Crippen molar-refractivity contribution in [3.05, 3.63) is 70.2 Å². The second-order valence-electron chi connectivity index (χ2n) is 5.39. The first kappa shape index (κ1) is 17.1. The summed E-state index contributed by atoms with van der Waals surface area (Å²) in [6, 6.07) is 16.8. The fourth-order valence-corrected chi connectivity index (χ4v) is 2.69. The third-order valence-corrected chi connectivity index (χ3v) is 4.17. The maximum Gasteiger partial charge on any atom is 0.227 e. The summed E-state index contributed by atoms with van der Waals surface area (Å²) in [5.41, 5.74) is 2.59. The summed E-state index contributed by atoms with van der Waals surface area (Å²) in [7, 11) is 0. The first-order valence-corrected chi connectivity index (χ1v) is 7.97. The van der Waals surface area contributed by atoms with Crippen LogP contribution in [0.3, 0.4) is 0 Å². The summed E-state index contributed by atoms with van der Waals surface area (Å²) >= 11 is 5.87. The molecule has 23 heavy (non-hydrogen) atoms. The number of benzene rings is 2. The molecule has 4 heteroatoms. The van der Waals surface area contributed by atoms with Gasteiger partial charge in [-0.25, -0.2) is 0 Å². The standard InChI is InChI=1S/C19H19ClN2O/c1-3-22(14(2)17-8-4-16(13-21)5-9-17)19(23)12-15-6-10-18(20)11-7-15/h4-11,14H,3,12H2,1-2H3. The van der Waals surface area contributed by atoms with E-state index in [1.807, 2.05) is 43.0 Å². The van der Waals surface area contributed by atoms with Crippen LogP contribution in [0.25, 0.3) is 0 Å². The molecule has 1 amide bonds. The summed E-state index contributed by atoms with van der Waals surface area (Å²) in [6.45, 7) is 4.61. The van der Waals surface area contributed by atoms with Crippen LogP contribution in [0.15, 0.2) is 48.5 Å². The van der Waals surface area contributed by atoms with E-state index in [1.54, 1.807) is 24.3 Å². The molecule has 0 spiro atoms. The maximum absolute atomic E-state index is 12.6. The smallest absolute Gasteiger partial charge is 0.227 e. The summed E-state index contributed by atoms with van der Waals surface area (Å²) in [5, 5.41) is 9.54. The van der Waals surface area contributed by atoms with E-state index >= 15 is 0 Å². The van der Waals surface area contributed by atoms with Gasteiger partial charge in [-0.1, -0.05) is 35.9 Å². The molecule has 0 aliphatic carbocycles. The highest BCUT2D eigenvalue weighted by molar-refractivity contribution is 6.30. The molecule has 0 N–H and O–H groups in total. The maximum atomic E-state index is 12.6. The fourth-order valence-electron chi connectivity index (χ4n) is 2.56. The Hall–Kier alpha value is -2.31. The Morgan fingerprint density at radius 1 is 1.17 bits per heavy atom. The van der Waals surface area contributed by atoms with Crippen LogP contribution >= 0.6 is 11.6 Å². The number of hydrogen-bond acceptors (Lipinski definition) is 2. The van der Waals surface area contributed by atoms with Crippen LogP contribution in [-0.4, -0.2) is 17.4 Å². The molecule has 2 aromatic carbocycles. The lowest BCUT2D eigenvalue weighted by molar-refractivity contribution is -0.132. The monoisotopic (exact) mass is 326 g/mol. The van der Waals surface area contributed by atoms with E-state index in [0.29, 0.717) is 23.6 Å². The van der Waals surface area contributed by atoms with Gasteiger partial charge in [0, 0.05) is 11.6 Å². The second kappa shape index (κ2) is 7.80. The van der Waals surface area contributed by atoms with Gasteiger partial charge in [-0.2, -0.15) is 5.26 Å². The average Bonchev–Trinajstić information content (AvgIpc) is 2.57. The molecule has 0 aliphatic rings. The van der Waals surface area contributed by atoms with E-state index in [-0.39, 0.29) is 11.9 Å². The predicted octanol–water partition coefficient (Wildman–Crippen LogP) is 4.36. The van der Waals surface area contributed by atoms with Crippen LogP contribution in [0.2, 0.25) is 5.02 Å². The fraction of sp³-hybridized carbons (Fsp3) is 0.263. The van der Waals surface area contributed by atoms with Gasteiger partial charge >= 0.3 is 0 Å². The van der Waals surface area contributed by atoms with Gasteiger partial charge in [-0.3, -0.25) is 4.79 Å². The molecule has 2 rings (SSSR count). The Kier molecular flexibility index (Phi) is 5.78. The van der Waals surface area contributed by atoms with Crippen molar-refractivity contribution in [2.45, 2.75) is 26.3 Å². The minimum Gasteiger partial charge on any atom is -0.336 e. The van der Waals surface area contributed by atoms with Gasteiger partial charge in [0.05, 0.1) is 24.1 Å². The first-order chi connectivity index (χ1) is 11.0. The topological polar surface area (TPSA) is 44.1 Å². The van der Waals surface area contributed by atoms with Crippen LogP contribution in [0.5, 0.6) is 0 Å². The van der Waals surface area contributed by atoms with Gasteiger partial charge in [0.25, 0.3) is 0 Å². The van der Waals surface area contributed by atoms with E-state index in [0.717, 1.165) is 11.1 Å². The van der Waals surface area contributed by atoms with Crippen molar-refractivity contribution in [1.82, 2.24) is 4.90 Å². The normalized spacial score (nSPS) is 11.6. The summed E-state index contributed by atoms with van der Waals surface area (Å²) in [5.74, 6) is 0.0756. The Morgan fingerprint density at radius 3 is 2.30 bits per heavy atom. The third-order valence-electron chi connectivity index (χ3n) is 3.92. The highest BCUT2D eigenvalue weighted by atomic mass is 35.5. The van der Waals surface area contributed by atoms with Crippen LogP contribution < -0.4 is 0 Å². The predicted molar refractivity (Wildman–Crippen MR) is 92.1 cm³/mol. The van der Waals surface area contributed by atoms with Gasteiger partial charge in [0.2, 0.25) is 5.91 Å². The van der Waals surface area contributed by atoms with Gasteiger partial charge in [-0.05, 0) is 49.2 Å². The molecule has 0 radical (unpaired) electrons. The summed E-state index contributed by atoms with van der Waals surface area (Å²) < 4.78 is 0. The second-order valence-corrected chi connectivity index (χ2v) is 5.83. The van der Waals surface area contributed by atoms with E-state index in [4.69, 9.17) is 16.9 Å². The molecular formula is C19H19ClN2O. The highest BCUT2D eigenvalue weighted by Gasteiger charge is 2.20. The average molecular weight is 327 g/mol. The number of nitriles is 1. The van der Waals surface area contributed by atoms with E-state index in [2.05, 4.69) is 6.07 Å². The Labute approximate surface area is 142 Å².